The fourth-order valence-corrected chi connectivity index (χ4v) is 2.58. The van der Waals surface area contributed by atoms with Crippen molar-refractivity contribution in [3.05, 3.63) is 47.1 Å². The van der Waals surface area contributed by atoms with Gasteiger partial charge in [-0.15, -0.1) is 0 Å². The minimum Gasteiger partial charge on any atom is -0.339 e. The van der Waals surface area contributed by atoms with Crippen molar-refractivity contribution in [1.29, 1.82) is 0 Å². The van der Waals surface area contributed by atoms with Gasteiger partial charge in [-0.2, -0.15) is 4.98 Å². The number of hydrogen-bond acceptors (Lipinski definition) is 4. The predicted molar refractivity (Wildman–Crippen MR) is 72.9 cm³/mol. The molecular weight excluding hydrogens is 238 g/mol. The molecule has 2 aromatic rings. The lowest BCUT2D eigenvalue weighted by Crippen LogP contribution is -2.19. The molecule has 0 spiro atoms. The maximum absolute atomic E-state index is 5.73. The van der Waals surface area contributed by atoms with Gasteiger partial charge in [0.2, 0.25) is 5.89 Å². The summed E-state index contributed by atoms with van der Waals surface area (Å²) in [5.74, 6) is 1.89. The molecule has 0 fully saturated rings. The number of nitrogens with two attached hydrogens (primary N) is 1. The van der Waals surface area contributed by atoms with E-state index >= 15 is 0 Å². The van der Waals surface area contributed by atoms with Crippen LogP contribution in [0.2, 0.25) is 0 Å². The highest BCUT2D eigenvalue weighted by molar-refractivity contribution is 5.43. The molecule has 0 aliphatic heterocycles. The molecule has 4 heteroatoms. The molecule has 1 aliphatic carbocycles. The van der Waals surface area contributed by atoms with Gasteiger partial charge in [0, 0.05) is 12.5 Å². The molecule has 0 bridgehead atoms. The fraction of sp³-hybridized carbons (Fsp3) is 0.467. The number of benzene rings is 1. The smallest absolute Gasteiger partial charge is 0.226 e. The monoisotopic (exact) mass is 257 g/mol. The van der Waals surface area contributed by atoms with Crippen LogP contribution in [0, 0.1) is 0 Å². The third-order valence-corrected chi connectivity index (χ3v) is 3.70. The highest BCUT2D eigenvalue weighted by atomic mass is 16.5. The van der Waals surface area contributed by atoms with Gasteiger partial charge in [-0.05, 0) is 37.3 Å². The van der Waals surface area contributed by atoms with Gasteiger partial charge in [0.05, 0.1) is 5.92 Å². The van der Waals surface area contributed by atoms with Crippen LogP contribution in [0.1, 0.15) is 48.5 Å². The van der Waals surface area contributed by atoms with E-state index < -0.39 is 0 Å². The van der Waals surface area contributed by atoms with Crippen molar-refractivity contribution in [3.63, 3.8) is 0 Å². The summed E-state index contributed by atoms with van der Waals surface area (Å²) in [4.78, 5) is 4.51. The summed E-state index contributed by atoms with van der Waals surface area (Å²) in [5.41, 5.74) is 8.46. The second kappa shape index (κ2) is 5.13. The molecule has 3 rings (SSSR count). The molecule has 1 aromatic carbocycles. The van der Waals surface area contributed by atoms with E-state index in [1.807, 2.05) is 6.92 Å². The van der Waals surface area contributed by atoms with Crippen LogP contribution >= 0.6 is 0 Å². The molecule has 1 heterocycles. The summed E-state index contributed by atoms with van der Waals surface area (Å²) in [7, 11) is 0. The number of hydrogen-bond donors (Lipinski definition) is 1. The molecule has 4 nitrogen and oxygen atoms in total. The van der Waals surface area contributed by atoms with Gasteiger partial charge in [0.25, 0.3) is 0 Å². The Balaban J connectivity index is 1.63. The molecule has 19 heavy (non-hydrogen) atoms. The average Bonchev–Trinajstić information content (AvgIpc) is 2.79. The molecule has 1 aliphatic rings. The van der Waals surface area contributed by atoms with Gasteiger partial charge < -0.3 is 10.3 Å². The summed E-state index contributed by atoms with van der Waals surface area (Å²) in [6.07, 6.45) is 3.84. The molecule has 0 radical (unpaired) electrons. The maximum Gasteiger partial charge on any atom is 0.226 e. The molecular formula is C15H19N3O. The van der Waals surface area contributed by atoms with Crippen LogP contribution in [0.3, 0.4) is 0 Å². The van der Waals surface area contributed by atoms with Crippen LogP contribution in [0.4, 0.5) is 0 Å². The Labute approximate surface area is 113 Å². The third kappa shape index (κ3) is 2.54. The summed E-state index contributed by atoms with van der Waals surface area (Å²) < 4.78 is 5.32. The van der Waals surface area contributed by atoms with Crippen LogP contribution in [0.5, 0.6) is 0 Å². The van der Waals surface area contributed by atoms with Crippen LogP contribution in [-0.2, 0) is 12.8 Å². The molecule has 0 amide bonds. The van der Waals surface area contributed by atoms with Gasteiger partial charge in [-0.25, -0.2) is 0 Å². The van der Waals surface area contributed by atoms with E-state index in [9.17, 15) is 0 Å². The molecule has 0 saturated carbocycles. The Bertz CT molecular complexity index is 562. The molecule has 2 unspecified atom stereocenters. The zero-order chi connectivity index (χ0) is 13.2. The quantitative estimate of drug-likeness (QED) is 0.893. The Hall–Kier alpha value is -1.68. The van der Waals surface area contributed by atoms with Crippen molar-refractivity contribution in [2.45, 2.75) is 44.6 Å². The Morgan fingerprint density at radius 3 is 3.05 bits per heavy atom. The molecule has 2 N–H and O–H groups in total. The molecule has 100 valence electrons. The van der Waals surface area contributed by atoms with Crippen molar-refractivity contribution >= 4 is 0 Å². The number of rotatable bonds is 5. The lowest BCUT2D eigenvalue weighted by Gasteiger charge is -2.27. The first kappa shape index (κ1) is 12.4. The van der Waals surface area contributed by atoms with Crippen molar-refractivity contribution in [1.82, 2.24) is 10.1 Å². The summed E-state index contributed by atoms with van der Waals surface area (Å²) in [5, 5.41) is 4.12. The number of aromatic nitrogens is 2. The van der Waals surface area contributed by atoms with Crippen molar-refractivity contribution < 1.29 is 4.52 Å². The van der Waals surface area contributed by atoms with E-state index in [4.69, 9.17) is 10.3 Å². The van der Waals surface area contributed by atoms with E-state index in [1.165, 1.54) is 11.1 Å². The zero-order valence-corrected chi connectivity index (χ0v) is 11.2. The van der Waals surface area contributed by atoms with Crippen LogP contribution in [0.15, 0.2) is 28.8 Å². The zero-order valence-electron chi connectivity index (χ0n) is 11.2. The van der Waals surface area contributed by atoms with Gasteiger partial charge in [0.1, 0.15) is 0 Å². The van der Waals surface area contributed by atoms with Gasteiger partial charge in [-0.1, -0.05) is 29.4 Å². The fourth-order valence-electron chi connectivity index (χ4n) is 2.58. The second-order valence-corrected chi connectivity index (χ2v) is 5.37. The lowest BCUT2D eigenvalue weighted by molar-refractivity contribution is 0.365. The molecule has 1 aromatic heterocycles. The summed E-state index contributed by atoms with van der Waals surface area (Å²) >= 11 is 0. The Morgan fingerprint density at radius 2 is 2.26 bits per heavy atom. The second-order valence-electron chi connectivity index (χ2n) is 5.37. The SMILES string of the molecule is CC(N)CCCc1nc(C2Cc3ccccc32)no1. The number of aryl methyl sites for hydroxylation is 1. The first-order valence-corrected chi connectivity index (χ1v) is 6.90. The average molecular weight is 257 g/mol. The Kier molecular flexibility index (Phi) is 3.34. The first-order chi connectivity index (χ1) is 9.24. The maximum atomic E-state index is 5.73. The van der Waals surface area contributed by atoms with Crippen molar-refractivity contribution in [2.75, 3.05) is 0 Å². The predicted octanol–water partition coefficient (Wildman–Crippen LogP) is 2.43. The first-order valence-electron chi connectivity index (χ1n) is 6.90. The van der Waals surface area contributed by atoms with E-state index in [2.05, 4.69) is 34.4 Å². The largest absolute Gasteiger partial charge is 0.339 e. The highest BCUT2D eigenvalue weighted by Crippen LogP contribution is 2.38. The summed E-state index contributed by atoms with van der Waals surface area (Å²) in [6.45, 7) is 2.02. The van der Waals surface area contributed by atoms with E-state index in [1.54, 1.807) is 0 Å². The Morgan fingerprint density at radius 1 is 1.42 bits per heavy atom. The van der Waals surface area contributed by atoms with Crippen molar-refractivity contribution in [2.24, 2.45) is 5.73 Å². The van der Waals surface area contributed by atoms with Crippen LogP contribution in [-0.4, -0.2) is 16.2 Å². The van der Waals surface area contributed by atoms with Gasteiger partial charge in [-0.3, -0.25) is 0 Å². The van der Waals surface area contributed by atoms with E-state index in [0.717, 1.165) is 37.4 Å². The number of nitrogens with zero attached hydrogens (tertiary/aromatic N) is 2. The standard InChI is InChI=1S/C15H19N3O/c1-10(16)5-4-8-14-17-15(18-19-14)13-9-11-6-2-3-7-12(11)13/h2-3,6-7,10,13H,4-5,8-9,16H2,1H3. The van der Waals surface area contributed by atoms with Crippen LogP contribution in [0.25, 0.3) is 0 Å². The van der Waals surface area contributed by atoms with Gasteiger partial charge in [0.15, 0.2) is 5.82 Å². The van der Waals surface area contributed by atoms with Crippen molar-refractivity contribution in [3.8, 4) is 0 Å². The highest BCUT2D eigenvalue weighted by Gasteiger charge is 2.30. The number of fused-ring (bicyclic) bond motifs is 1. The van der Waals surface area contributed by atoms with E-state index in [0.29, 0.717) is 5.92 Å². The molecule has 2 atom stereocenters. The van der Waals surface area contributed by atoms with Crippen LogP contribution < -0.4 is 5.73 Å². The van der Waals surface area contributed by atoms with Gasteiger partial charge >= 0.3 is 0 Å². The lowest BCUT2D eigenvalue weighted by atomic mass is 9.77. The summed E-state index contributed by atoms with van der Waals surface area (Å²) in [6, 6.07) is 8.69. The normalized spacial score (nSPS) is 18.7. The molecule has 0 saturated heterocycles. The minimum atomic E-state index is 0.237. The third-order valence-electron chi connectivity index (χ3n) is 3.70. The topological polar surface area (TPSA) is 64.9 Å². The van der Waals surface area contributed by atoms with E-state index in [-0.39, 0.29) is 6.04 Å². The minimum absolute atomic E-state index is 0.237.